The van der Waals surface area contributed by atoms with Crippen LogP contribution in [0.5, 0.6) is 0 Å². The maximum absolute atomic E-state index is 12.5. The quantitative estimate of drug-likeness (QED) is 0.730. The molecule has 124 valence electrons. The van der Waals surface area contributed by atoms with E-state index >= 15 is 0 Å². The average Bonchev–Trinajstić information content (AvgIpc) is 3.05. The standard InChI is InChI=1S/C21H19N3O/c1-3-13-22-21(25)19-15-24(14-17-7-5-4-6-8-17)23-20(19)18-11-9-16(2)10-12-18/h1,4-12,15H,13-14H2,2H3,(H,22,25). The van der Waals surface area contributed by atoms with Gasteiger partial charge in [0.1, 0.15) is 5.69 Å². The fraction of sp³-hybridized carbons (Fsp3) is 0.143. The van der Waals surface area contributed by atoms with Crippen molar-refractivity contribution >= 4 is 5.91 Å². The summed E-state index contributed by atoms with van der Waals surface area (Å²) in [5.41, 5.74) is 4.37. The monoisotopic (exact) mass is 329 g/mol. The number of hydrogen-bond acceptors (Lipinski definition) is 2. The SMILES string of the molecule is C#CCNC(=O)c1cn(Cc2ccccc2)nc1-c1ccc(C)cc1. The Morgan fingerprint density at radius 3 is 2.56 bits per heavy atom. The molecule has 0 unspecified atom stereocenters. The van der Waals surface area contributed by atoms with Gasteiger partial charge < -0.3 is 5.32 Å². The minimum absolute atomic E-state index is 0.191. The first-order chi connectivity index (χ1) is 12.2. The van der Waals surface area contributed by atoms with Crippen molar-refractivity contribution in [1.82, 2.24) is 15.1 Å². The zero-order valence-corrected chi connectivity index (χ0v) is 14.1. The molecule has 0 radical (unpaired) electrons. The van der Waals surface area contributed by atoms with Gasteiger partial charge in [0.05, 0.1) is 18.7 Å². The van der Waals surface area contributed by atoms with Gasteiger partial charge in [-0.05, 0) is 12.5 Å². The van der Waals surface area contributed by atoms with E-state index in [1.54, 1.807) is 10.9 Å². The maximum Gasteiger partial charge on any atom is 0.255 e. The van der Waals surface area contributed by atoms with Crippen LogP contribution in [0, 0.1) is 19.3 Å². The molecule has 1 amide bonds. The molecule has 0 saturated heterocycles. The second kappa shape index (κ2) is 7.50. The zero-order valence-electron chi connectivity index (χ0n) is 14.1. The summed E-state index contributed by atoms with van der Waals surface area (Å²) in [5, 5.41) is 7.36. The molecule has 1 aromatic heterocycles. The number of benzene rings is 2. The summed E-state index contributed by atoms with van der Waals surface area (Å²) < 4.78 is 1.79. The van der Waals surface area contributed by atoms with E-state index in [4.69, 9.17) is 6.42 Å². The minimum atomic E-state index is -0.215. The van der Waals surface area contributed by atoms with Gasteiger partial charge in [-0.15, -0.1) is 6.42 Å². The number of hydrogen-bond donors (Lipinski definition) is 1. The number of amides is 1. The number of nitrogens with one attached hydrogen (secondary N) is 1. The summed E-state index contributed by atoms with van der Waals surface area (Å²) in [4.78, 5) is 12.5. The lowest BCUT2D eigenvalue weighted by Gasteiger charge is -2.03. The fourth-order valence-electron chi connectivity index (χ4n) is 2.59. The van der Waals surface area contributed by atoms with Crippen LogP contribution in [0.4, 0.5) is 0 Å². The molecule has 3 aromatic rings. The molecular formula is C21H19N3O. The summed E-state index contributed by atoms with van der Waals surface area (Å²) in [6.07, 6.45) is 7.01. The first kappa shape index (κ1) is 16.5. The van der Waals surface area contributed by atoms with Crippen molar-refractivity contribution in [3.8, 4) is 23.6 Å². The van der Waals surface area contributed by atoms with Crippen molar-refractivity contribution in [2.45, 2.75) is 13.5 Å². The molecule has 0 atom stereocenters. The van der Waals surface area contributed by atoms with E-state index in [1.807, 2.05) is 61.5 Å². The average molecular weight is 329 g/mol. The molecule has 0 aliphatic heterocycles. The van der Waals surface area contributed by atoms with Crippen LogP contribution in [0.1, 0.15) is 21.5 Å². The smallest absolute Gasteiger partial charge is 0.255 e. The maximum atomic E-state index is 12.5. The van der Waals surface area contributed by atoms with Crippen LogP contribution >= 0.6 is 0 Å². The van der Waals surface area contributed by atoms with Gasteiger partial charge in [0.2, 0.25) is 0 Å². The Balaban J connectivity index is 1.97. The van der Waals surface area contributed by atoms with E-state index in [2.05, 4.69) is 16.3 Å². The molecule has 4 nitrogen and oxygen atoms in total. The Morgan fingerprint density at radius 2 is 1.88 bits per heavy atom. The Kier molecular flexibility index (Phi) is 4.96. The summed E-state index contributed by atoms with van der Waals surface area (Å²) in [6, 6.07) is 18.0. The highest BCUT2D eigenvalue weighted by Gasteiger charge is 2.17. The summed E-state index contributed by atoms with van der Waals surface area (Å²) >= 11 is 0. The molecule has 3 rings (SSSR count). The molecule has 0 aliphatic rings. The van der Waals surface area contributed by atoms with Gasteiger partial charge in [0.15, 0.2) is 0 Å². The van der Waals surface area contributed by atoms with Crippen LogP contribution in [-0.2, 0) is 6.54 Å². The van der Waals surface area contributed by atoms with E-state index in [0.29, 0.717) is 17.8 Å². The molecule has 0 aliphatic carbocycles. The number of nitrogens with zero attached hydrogens (tertiary/aromatic N) is 2. The predicted molar refractivity (Wildman–Crippen MR) is 99.1 cm³/mol. The molecule has 1 heterocycles. The van der Waals surface area contributed by atoms with Crippen molar-refractivity contribution in [2.75, 3.05) is 6.54 Å². The van der Waals surface area contributed by atoms with E-state index < -0.39 is 0 Å². The highest BCUT2D eigenvalue weighted by molar-refractivity contribution is 5.99. The lowest BCUT2D eigenvalue weighted by atomic mass is 10.1. The highest BCUT2D eigenvalue weighted by Crippen LogP contribution is 2.23. The van der Waals surface area contributed by atoms with Gasteiger partial charge in [-0.2, -0.15) is 5.10 Å². The first-order valence-electron chi connectivity index (χ1n) is 8.07. The van der Waals surface area contributed by atoms with E-state index in [-0.39, 0.29) is 12.5 Å². The van der Waals surface area contributed by atoms with Crippen LogP contribution in [0.15, 0.2) is 60.8 Å². The second-order valence-electron chi connectivity index (χ2n) is 5.83. The van der Waals surface area contributed by atoms with Crippen molar-refractivity contribution in [2.24, 2.45) is 0 Å². The van der Waals surface area contributed by atoms with Gasteiger partial charge in [-0.3, -0.25) is 9.48 Å². The third-order valence-electron chi connectivity index (χ3n) is 3.87. The molecular weight excluding hydrogens is 310 g/mol. The van der Waals surface area contributed by atoms with E-state index in [0.717, 1.165) is 16.7 Å². The normalized spacial score (nSPS) is 10.2. The Bertz CT molecular complexity index is 903. The van der Waals surface area contributed by atoms with Crippen LogP contribution in [-0.4, -0.2) is 22.2 Å². The minimum Gasteiger partial charge on any atom is -0.341 e. The van der Waals surface area contributed by atoms with Crippen molar-refractivity contribution in [3.63, 3.8) is 0 Å². The summed E-state index contributed by atoms with van der Waals surface area (Å²) in [5.74, 6) is 2.21. The van der Waals surface area contributed by atoms with Crippen LogP contribution in [0.25, 0.3) is 11.3 Å². The van der Waals surface area contributed by atoms with Crippen molar-refractivity contribution in [3.05, 3.63) is 77.5 Å². The zero-order chi connectivity index (χ0) is 17.6. The number of carbonyl (C=O) groups is 1. The molecule has 0 saturated carbocycles. The second-order valence-corrected chi connectivity index (χ2v) is 5.83. The molecule has 1 N–H and O–H groups in total. The molecule has 0 spiro atoms. The van der Waals surface area contributed by atoms with Crippen LogP contribution in [0.3, 0.4) is 0 Å². The van der Waals surface area contributed by atoms with Crippen molar-refractivity contribution in [1.29, 1.82) is 0 Å². The Labute approximate surface area is 147 Å². The van der Waals surface area contributed by atoms with E-state index in [9.17, 15) is 4.79 Å². The number of rotatable bonds is 5. The number of terminal acetylenes is 1. The summed E-state index contributed by atoms with van der Waals surface area (Å²) in [6.45, 7) is 2.82. The van der Waals surface area contributed by atoms with Crippen molar-refractivity contribution < 1.29 is 4.79 Å². The first-order valence-corrected chi connectivity index (χ1v) is 8.07. The van der Waals surface area contributed by atoms with Gasteiger partial charge in [0.25, 0.3) is 5.91 Å². The molecule has 25 heavy (non-hydrogen) atoms. The van der Waals surface area contributed by atoms with Gasteiger partial charge in [0, 0.05) is 11.8 Å². The fourth-order valence-corrected chi connectivity index (χ4v) is 2.59. The molecule has 0 fully saturated rings. The predicted octanol–water partition coefficient (Wildman–Crippen LogP) is 3.27. The van der Waals surface area contributed by atoms with Gasteiger partial charge in [-0.1, -0.05) is 66.1 Å². The van der Waals surface area contributed by atoms with Crippen LogP contribution in [0.2, 0.25) is 0 Å². The number of carbonyl (C=O) groups excluding carboxylic acids is 1. The lowest BCUT2D eigenvalue weighted by molar-refractivity contribution is 0.0959. The Hall–Kier alpha value is -3.32. The molecule has 2 aromatic carbocycles. The van der Waals surface area contributed by atoms with E-state index in [1.165, 1.54) is 0 Å². The highest BCUT2D eigenvalue weighted by atomic mass is 16.1. The lowest BCUT2D eigenvalue weighted by Crippen LogP contribution is -2.23. The number of aromatic nitrogens is 2. The topological polar surface area (TPSA) is 46.9 Å². The molecule has 0 bridgehead atoms. The largest absolute Gasteiger partial charge is 0.341 e. The molecule has 4 heteroatoms. The Morgan fingerprint density at radius 1 is 1.16 bits per heavy atom. The third-order valence-corrected chi connectivity index (χ3v) is 3.87. The summed E-state index contributed by atoms with van der Waals surface area (Å²) in [7, 11) is 0. The van der Waals surface area contributed by atoms with Crippen LogP contribution < -0.4 is 5.32 Å². The number of aryl methyl sites for hydroxylation is 1. The third kappa shape index (κ3) is 3.96. The van der Waals surface area contributed by atoms with Gasteiger partial charge in [-0.25, -0.2) is 0 Å². The van der Waals surface area contributed by atoms with Gasteiger partial charge >= 0.3 is 0 Å².